The maximum Gasteiger partial charge on any atom is 0.407 e. The number of rotatable bonds is 11. The summed E-state index contributed by atoms with van der Waals surface area (Å²) in [5.41, 5.74) is 0.745. The van der Waals surface area contributed by atoms with E-state index in [0.717, 1.165) is 31.4 Å². The molecule has 1 amide bonds. The summed E-state index contributed by atoms with van der Waals surface area (Å²) < 4.78 is 33.5. The van der Waals surface area contributed by atoms with Gasteiger partial charge in [-0.25, -0.2) is 14.6 Å². The van der Waals surface area contributed by atoms with Crippen LogP contribution < -0.4 is 5.32 Å². The quantitative estimate of drug-likeness (QED) is 0.215. The van der Waals surface area contributed by atoms with Gasteiger partial charge in [-0.2, -0.15) is 0 Å². The fourth-order valence-corrected chi connectivity index (χ4v) is 5.49. The number of carbonyl (C=O) groups excluding carboxylic acids is 3. The average Bonchev–Trinajstić information content (AvgIpc) is 3.39. The lowest BCUT2D eigenvalue weighted by molar-refractivity contribution is -0.168. The van der Waals surface area contributed by atoms with Crippen LogP contribution in [0.15, 0.2) is 28.9 Å². The topological polar surface area (TPSA) is 135 Å². The molecule has 2 fully saturated rings. The second-order valence-electron chi connectivity index (χ2n) is 11.1. The zero-order chi connectivity index (χ0) is 30.3. The van der Waals surface area contributed by atoms with Crippen LogP contribution in [0.2, 0.25) is 0 Å². The molecular formula is C31H46N2O9. The lowest BCUT2D eigenvalue weighted by atomic mass is 9.89. The van der Waals surface area contributed by atoms with Gasteiger partial charge in [0.25, 0.3) is 0 Å². The number of cyclic esters (lactones) is 1. The Hall–Kier alpha value is -3.18. The van der Waals surface area contributed by atoms with E-state index in [-0.39, 0.29) is 42.9 Å². The normalized spacial score (nSPS) is 27.2. The maximum absolute atomic E-state index is 12.8. The Labute approximate surface area is 248 Å². The van der Waals surface area contributed by atoms with Gasteiger partial charge >= 0.3 is 18.0 Å². The van der Waals surface area contributed by atoms with Crippen LogP contribution in [0.5, 0.6) is 0 Å². The molecule has 234 valence electrons. The molecule has 0 aromatic carbocycles. The minimum Gasteiger partial charge on any atom is -0.462 e. The van der Waals surface area contributed by atoms with E-state index < -0.39 is 12.1 Å². The van der Waals surface area contributed by atoms with Gasteiger partial charge in [0, 0.05) is 39.0 Å². The van der Waals surface area contributed by atoms with E-state index in [2.05, 4.69) is 28.9 Å². The standard InChI is InChI=1S/C31H46N2O9/c1-5-9-23-16-24(37-3)14-21(2)15-25-17-26(18-27(40-25)19-30(35)41-23)42-29(34)12-7-6-10-22-20-39-28(33-22)11-8-13-32-31(36)38-4/h7-8,11-12,20-21,23-27H,5-6,9-10,13-19H2,1-4H3,(H,32,36)/b11-8-,12-7-/t21-,23+,24+,25-,26-,27-/m1/s1. The number of nitrogens with zero attached hydrogens (tertiary/aromatic N) is 1. The average molecular weight is 591 g/mol. The number of oxazole rings is 1. The zero-order valence-corrected chi connectivity index (χ0v) is 25.3. The minimum absolute atomic E-state index is 0.0116. The first-order valence-corrected chi connectivity index (χ1v) is 15.0. The molecular weight excluding hydrogens is 544 g/mol. The van der Waals surface area contributed by atoms with Crippen LogP contribution in [-0.2, 0) is 39.7 Å². The van der Waals surface area contributed by atoms with Crippen molar-refractivity contribution in [2.24, 2.45) is 5.92 Å². The summed E-state index contributed by atoms with van der Waals surface area (Å²) in [7, 11) is 3.01. The Kier molecular flexibility index (Phi) is 14.0. The van der Waals surface area contributed by atoms with Crippen LogP contribution in [0.25, 0.3) is 6.08 Å². The monoisotopic (exact) mass is 590 g/mol. The van der Waals surface area contributed by atoms with E-state index in [0.29, 0.717) is 50.5 Å². The van der Waals surface area contributed by atoms with Gasteiger partial charge in [0.2, 0.25) is 5.89 Å². The third kappa shape index (κ3) is 12.0. The molecule has 1 aromatic heterocycles. The number of hydrogen-bond acceptors (Lipinski definition) is 10. The van der Waals surface area contributed by atoms with Gasteiger partial charge in [0.1, 0.15) is 18.5 Å². The summed E-state index contributed by atoms with van der Waals surface area (Å²) in [6.07, 6.45) is 13.1. The number of carbonyl (C=O) groups is 3. The number of allylic oxidation sites excluding steroid dienone is 1. The number of amides is 1. The van der Waals surface area contributed by atoms with E-state index in [1.807, 2.05) is 0 Å². The number of aromatic nitrogens is 1. The van der Waals surface area contributed by atoms with Crippen LogP contribution in [0.1, 0.15) is 83.2 Å². The van der Waals surface area contributed by atoms with Crippen LogP contribution in [0, 0.1) is 5.92 Å². The molecule has 2 bridgehead atoms. The van der Waals surface area contributed by atoms with Crippen molar-refractivity contribution in [3.8, 4) is 0 Å². The number of ether oxygens (including phenoxy) is 5. The van der Waals surface area contributed by atoms with Gasteiger partial charge in [-0.15, -0.1) is 0 Å². The molecule has 0 unspecified atom stereocenters. The first-order chi connectivity index (χ1) is 20.3. The fourth-order valence-electron chi connectivity index (χ4n) is 5.49. The molecule has 2 aliphatic heterocycles. The lowest BCUT2D eigenvalue weighted by Crippen LogP contribution is -2.41. The minimum atomic E-state index is -0.513. The SMILES string of the molecule is CCC[C@H]1C[C@@H](OC)C[C@@H](C)C[C@@H]2C[C@@H](OC(=O)/C=C\CCc3coc(/C=C\CNC(=O)OC)n3)C[C@H](CC(=O)O1)O2. The molecule has 0 aliphatic carbocycles. The van der Waals surface area contributed by atoms with E-state index in [4.69, 9.17) is 23.4 Å². The van der Waals surface area contributed by atoms with E-state index in [1.54, 1.807) is 31.6 Å². The molecule has 11 heteroatoms. The fraction of sp³-hybridized carbons (Fsp3) is 0.677. The van der Waals surface area contributed by atoms with Crippen LogP contribution in [0.3, 0.4) is 0 Å². The van der Waals surface area contributed by atoms with Crippen LogP contribution >= 0.6 is 0 Å². The van der Waals surface area contributed by atoms with Crippen LogP contribution in [0.4, 0.5) is 4.79 Å². The van der Waals surface area contributed by atoms with Crippen molar-refractivity contribution in [3.05, 3.63) is 36.1 Å². The van der Waals surface area contributed by atoms with Crippen molar-refractivity contribution >= 4 is 24.1 Å². The predicted molar refractivity (Wildman–Crippen MR) is 154 cm³/mol. The molecule has 1 N–H and O–H groups in total. The van der Waals surface area contributed by atoms with E-state index in [9.17, 15) is 14.4 Å². The predicted octanol–water partition coefficient (Wildman–Crippen LogP) is 4.93. The molecule has 42 heavy (non-hydrogen) atoms. The van der Waals surface area contributed by atoms with Gasteiger partial charge < -0.3 is 33.4 Å². The molecule has 3 rings (SSSR count). The maximum atomic E-state index is 12.8. The van der Waals surface area contributed by atoms with E-state index >= 15 is 0 Å². The number of methoxy groups -OCH3 is 2. The van der Waals surface area contributed by atoms with Crippen molar-refractivity contribution < 1.29 is 42.5 Å². The summed E-state index contributed by atoms with van der Waals surface area (Å²) in [6.45, 7) is 4.56. The molecule has 0 saturated carbocycles. The lowest BCUT2D eigenvalue weighted by Gasteiger charge is -2.37. The molecule has 2 aliphatic rings. The Bertz CT molecular complexity index is 1050. The summed E-state index contributed by atoms with van der Waals surface area (Å²) >= 11 is 0. The summed E-state index contributed by atoms with van der Waals surface area (Å²) in [5, 5.41) is 2.53. The number of hydrogen-bond donors (Lipinski definition) is 1. The van der Waals surface area contributed by atoms with Crippen molar-refractivity contribution in [1.82, 2.24) is 10.3 Å². The zero-order valence-electron chi connectivity index (χ0n) is 25.3. The Morgan fingerprint density at radius 2 is 1.90 bits per heavy atom. The van der Waals surface area contributed by atoms with Gasteiger partial charge in [-0.3, -0.25) is 4.79 Å². The highest BCUT2D eigenvalue weighted by molar-refractivity contribution is 5.82. The number of aryl methyl sites for hydroxylation is 1. The Morgan fingerprint density at radius 1 is 1.10 bits per heavy atom. The van der Waals surface area contributed by atoms with Gasteiger partial charge in [-0.1, -0.05) is 32.4 Å². The van der Waals surface area contributed by atoms with Gasteiger partial charge in [0.05, 0.1) is 37.5 Å². The highest BCUT2D eigenvalue weighted by atomic mass is 16.6. The Balaban J connectivity index is 1.49. The second-order valence-corrected chi connectivity index (χ2v) is 11.1. The molecule has 0 spiro atoms. The molecule has 3 heterocycles. The first-order valence-electron chi connectivity index (χ1n) is 15.0. The van der Waals surface area contributed by atoms with Gasteiger partial charge in [0.15, 0.2) is 0 Å². The molecule has 0 radical (unpaired) electrons. The van der Waals surface area contributed by atoms with Crippen molar-refractivity contribution in [2.45, 2.75) is 109 Å². The summed E-state index contributed by atoms with van der Waals surface area (Å²) in [6, 6.07) is 0. The van der Waals surface area contributed by atoms with Crippen molar-refractivity contribution in [1.29, 1.82) is 0 Å². The summed E-state index contributed by atoms with van der Waals surface area (Å²) in [5.74, 6) is 0.0697. The third-order valence-corrected chi connectivity index (χ3v) is 7.41. The third-order valence-electron chi connectivity index (χ3n) is 7.41. The number of esters is 2. The number of nitrogens with one attached hydrogen (secondary N) is 1. The molecule has 6 atom stereocenters. The first kappa shape index (κ1) is 33.3. The van der Waals surface area contributed by atoms with Gasteiger partial charge in [-0.05, 0) is 44.1 Å². The molecule has 1 aromatic rings. The molecule has 11 nitrogen and oxygen atoms in total. The van der Waals surface area contributed by atoms with E-state index in [1.165, 1.54) is 13.2 Å². The largest absolute Gasteiger partial charge is 0.462 e. The molecule has 2 saturated heterocycles. The van der Waals surface area contributed by atoms with Crippen molar-refractivity contribution in [2.75, 3.05) is 20.8 Å². The summed E-state index contributed by atoms with van der Waals surface area (Å²) in [4.78, 5) is 40.8. The number of alkyl carbamates (subject to hydrolysis) is 1. The van der Waals surface area contributed by atoms with Crippen LogP contribution in [-0.4, -0.2) is 74.3 Å². The van der Waals surface area contributed by atoms with Crippen molar-refractivity contribution in [3.63, 3.8) is 0 Å². The number of fused-ring (bicyclic) bond motifs is 2. The smallest absolute Gasteiger partial charge is 0.407 e. The Morgan fingerprint density at radius 3 is 2.67 bits per heavy atom. The highest BCUT2D eigenvalue weighted by Crippen LogP contribution is 2.31. The highest BCUT2D eigenvalue weighted by Gasteiger charge is 2.35. The second kappa shape index (κ2) is 17.7.